The number of aliphatic hydroxyl groups excluding tert-OH is 2. The van der Waals surface area contributed by atoms with Crippen molar-refractivity contribution in [3.8, 4) is 0 Å². The van der Waals surface area contributed by atoms with Crippen LogP contribution in [0.3, 0.4) is 0 Å². The molecule has 1 fully saturated rings. The summed E-state index contributed by atoms with van der Waals surface area (Å²) in [5.41, 5.74) is 2.14. The van der Waals surface area contributed by atoms with Gasteiger partial charge in [-0.25, -0.2) is 0 Å². The van der Waals surface area contributed by atoms with Gasteiger partial charge in [-0.2, -0.15) is 0 Å². The first-order chi connectivity index (χ1) is 8.70. The van der Waals surface area contributed by atoms with Crippen LogP contribution in [0.5, 0.6) is 0 Å². The van der Waals surface area contributed by atoms with Crippen LogP contribution in [0, 0.1) is 18.3 Å². The fourth-order valence-corrected chi connectivity index (χ4v) is 3.21. The maximum Gasteiger partial charge on any atom is 0.0515 e. The van der Waals surface area contributed by atoms with E-state index in [0.717, 1.165) is 19.3 Å². The van der Waals surface area contributed by atoms with Crippen molar-refractivity contribution in [2.75, 3.05) is 13.2 Å². The van der Waals surface area contributed by atoms with Crippen molar-refractivity contribution in [3.63, 3.8) is 0 Å². The molecule has 0 amide bonds. The van der Waals surface area contributed by atoms with E-state index in [1.807, 2.05) is 0 Å². The van der Waals surface area contributed by atoms with Gasteiger partial charge in [-0.15, -0.1) is 0 Å². The minimum absolute atomic E-state index is 0.0854. The van der Waals surface area contributed by atoms with E-state index in [1.54, 1.807) is 0 Å². The number of hydrogen-bond donors (Lipinski definition) is 2. The predicted octanol–water partition coefficient (Wildman–Crippen LogP) is 2.70. The van der Waals surface area contributed by atoms with Crippen molar-refractivity contribution in [2.24, 2.45) is 11.3 Å². The maximum absolute atomic E-state index is 9.79. The zero-order valence-corrected chi connectivity index (χ0v) is 11.2. The van der Waals surface area contributed by atoms with E-state index in [0.29, 0.717) is 5.92 Å². The molecule has 0 saturated heterocycles. The van der Waals surface area contributed by atoms with Crippen molar-refractivity contribution in [1.29, 1.82) is 0 Å². The summed E-state index contributed by atoms with van der Waals surface area (Å²) in [6, 6.07) is 8.43. The summed E-state index contributed by atoms with van der Waals surface area (Å²) in [5.74, 6) is 0.466. The van der Waals surface area contributed by atoms with Gasteiger partial charge in [0.2, 0.25) is 0 Å². The summed E-state index contributed by atoms with van der Waals surface area (Å²) in [6.07, 6.45) is 5.55. The SMILES string of the molecule is Cc1ccc(CC(CO)(CO)C2CCCC2)cc1. The molecule has 2 nitrogen and oxygen atoms in total. The van der Waals surface area contributed by atoms with Gasteiger partial charge in [0.05, 0.1) is 13.2 Å². The second kappa shape index (κ2) is 5.85. The zero-order valence-electron chi connectivity index (χ0n) is 11.2. The normalized spacial score (nSPS) is 17.3. The van der Waals surface area contributed by atoms with Crippen LogP contribution in [0.25, 0.3) is 0 Å². The molecule has 100 valence electrons. The molecule has 1 saturated carbocycles. The fourth-order valence-electron chi connectivity index (χ4n) is 3.21. The molecular weight excluding hydrogens is 224 g/mol. The van der Waals surface area contributed by atoms with E-state index in [4.69, 9.17) is 0 Å². The largest absolute Gasteiger partial charge is 0.396 e. The molecule has 2 heteroatoms. The van der Waals surface area contributed by atoms with E-state index >= 15 is 0 Å². The molecule has 2 rings (SSSR count). The molecule has 1 aromatic rings. The summed E-state index contributed by atoms with van der Waals surface area (Å²) in [4.78, 5) is 0. The Bertz CT molecular complexity index is 359. The van der Waals surface area contributed by atoms with Gasteiger partial charge < -0.3 is 10.2 Å². The molecule has 0 atom stereocenters. The van der Waals surface area contributed by atoms with E-state index in [9.17, 15) is 10.2 Å². The van der Waals surface area contributed by atoms with Gasteiger partial charge in [0.15, 0.2) is 0 Å². The van der Waals surface area contributed by atoms with Crippen molar-refractivity contribution in [2.45, 2.75) is 39.0 Å². The average Bonchev–Trinajstić information content (AvgIpc) is 2.93. The molecule has 0 radical (unpaired) electrons. The summed E-state index contributed by atoms with van der Waals surface area (Å²) in [5, 5.41) is 19.6. The van der Waals surface area contributed by atoms with Gasteiger partial charge in [0, 0.05) is 5.41 Å². The summed E-state index contributed by atoms with van der Waals surface area (Å²) < 4.78 is 0. The minimum atomic E-state index is -0.328. The lowest BCUT2D eigenvalue weighted by Gasteiger charge is -2.36. The molecule has 18 heavy (non-hydrogen) atoms. The van der Waals surface area contributed by atoms with Crippen LogP contribution in [-0.2, 0) is 6.42 Å². The van der Waals surface area contributed by atoms with Gasteiger partial charge in [0.1, 0.15) is 0 Å². The Morgan fingerprint density at radius 2 is 1.61 bits per heavy atom. The van der Waals surface area contributed by atoms with E-state index < -0.39 is 0 Å². The van der Waals surface area contributed by atoms with Crippen molar-refractivity contribution < 1.29 is 10.2 Å². The number of aliphatic hydroxyl groups is 2. The third-order valence-electron chi connectivity index (χ3n) is 4.53. The fraction of sp³-hybridized carbons (Fsp3) is 0.625. The first kappa shape index (κ1) is 13.6. The molecular formula is C16H24O2. The molecule has 0 aromatic heterocycles. The van der Waals surface area contributed by atoms with Crippen LogP contribution in [0.15, 0.2) is 24.3 Å². The third kappa shape index (κ3) is 2.76. The molecule has 0 spiro atoms. The van der Waals surface area contributed by atoms with Gasteiger partial charge in [-0.3, -0.25) is 0 Å². The standard InChI is InChI=1S/C16H24O2/c1-13-6-8-14(9-7-13)10-16(11-17,12-18)15-4-2-3-5-15/h6-9,15,17-18H,2-5,10-12H2,1H3. The highest BCUT2D eigenvalue weighted by Crippen LogP contribution is 2.41. The van der Waals surface area contributed by atoms with Crippen LogP contribution in [0.4, 0.5) is 0 Å². The number of benzene rings is 1. The van der Waals surface area contributed by atoms with Crippen molar-refractivity contribution in [3.05, 3.63) is 35.4 Å². The lowest BCUT2D eigenvalue weighted by molar-refractivity contribution is 0.00570. The summed E-state index contributed by atoms with van der Waals surface area (Å²) in [7, 11) is 0. The summed E-state index contributed by atoms with van der Waals surface area (Å²) in [6.45, 7) is 2.25. The average molecular weight is 248 g/mol. The highest BCUT2D eigenvalue weighted by molar-refractivity contribution is 5.22. The van der Waals surface area contributed by atoms with Crippen LogP contribution in [0.1, 0.15) is 36.8 Å². The van der Waals surface area contributed by atoms with Crippen LogP contribution < -0.4 is 0 Å². The number of rotatable bonds is 5. The number of aryl methyl sites for hydroxylation is 1. The second-order valence-electron chi connectivity index (χ2n) is 5.82. The van der Waals surface area contributed by atoms with Gasteiger partial charge in [-0.05, 0) is 37.7 Å². The van der Waals surface area contributed by atoms with E-state index in [2.05, 4.69) is 31.2 Å². The van der Waals surface area contributed by atoms with E-state index in [1.165, 1.54) is 24.0 Å². The van der Waals surface area contributed by atoms with E-state index in [-0.39, 0.29) is 18.6 Å². The molecule has 0 bridgehead atoms. The molecule has 1 aromatic carbocycles. The lowest BCUT2D eigenvalue weighted by atomic mass is 9.71. The van der Waals surface area contributed by atoms with Crippen molar-refractivity contribution >= 4 is 0 Å². The van der Waals surface area contributed by atoms with Gasteiger partial charge in [0.25, 0.3) is 0 Å². The monoisotopic (exact) mass is 248 g/mol. The minimum Gasteiger partial charge on any atom is -0.396 e. The first-order valence-electron chi connectivity index (χ1n) is 6.97. The molecule has 0 unspecified atom stereocenters. The Kier molecular flexibility index (Phi) is 4.41. The molecule has 2 N–H and O–H groups in total. The Balaban J connectivity index is 2.16. The first-order valence-corrected chi connectivity index (χ1v) is 6.97. The second-order valence-corrected chi connectivity index (χ2v) is 5.82. The van der Waals surface area contributed by atoms with Gasteiger partial charge >= 0.3 is 0 Å². The quantitative estimate of drug-likeness (QED) is 0.841. The topological polar surface area (TPSA) is 40.5 Å². The third-order valence-corrected chi connectivity index (χ3v) is 4.53. The van der Waals surface area contributed by atoms with Crippen LogP contribution in [-0.4, -0.2) is 23.4 Å². The van der Waals surface area contributed by atoms with Gasteiger partial charge in [-0.1, -0.05) is 42.7 Å². The Hall–Kier alpha value is -0.860. The Labute approximate surface area is 110 Å². The smallest absolute Gasteiger partial charge is 0.0515 e. The van der Waals surface area contributed by atoms with Crippen LogP contribution in [0.2, 0.25) is 0 Å². The zero-order chi connectivity index (χ0) is 13.0. The Morgan fingerprint density at radius 1 is 1.06 bits per heavy atom. The highest BCUT2D eigenvalue weighted by Gasteiger charge is 2.39. The molecule has 0 heterocycles. The molecule has 1 aliphatic rings. The number of hydrogen-bond acceptors (Lipinski definition) is 2. The Morgan fingerprint density at radius 3 is 2.11 bits per heavy atom. The highest BCUT2D eigenvalue weighted by atomic mass is 16.3. The summed E-state index contributed by atoms with van der Waals surface area (Å²) >= 11 is 0. The lowest BCUT2D eigenvalue weighted by Crippen LogP contribution is -2.39. The maximum atomic E-state index is 9.79. The van der Waals surface area contributed by atoms with Crippen LogP contribution >= 0.6 is 0 Å². The predicted molar refractivity (Wildman–Crippen MR) is 73.4 cm³/mol. The molecule has 0 aliphatic heterocycles. The van der Waals surface area contributed by atoms with Crippen molar-refractivity contribution in [1.82, 2.24) is 0 Å². The molecule has 1 aliphatic carbocycles.